The molecule has 0 spiro atoms. The Morgan fingerprint density at radius 1 is 1.39 bits per heavy atom. The van der Waals surface area contributed by atoms with Crippen molar-refractivity contribution in [2.75, 3.05) is 6.54 Å². The molecule has 0 saturated heterocycles. The Kier molecular flexibility index (Phi) is 3.29. The number of nitrogens with one attached hydrogen (secondary N) is 1. The predicted molar refractivity (Wildman–Crippen MR) is 76.8 cm³/mol. The third kappa shape index (κ3) is 2.26. The first-order valence-corrected chi connectivity index (χ1v) is 7.80. The number of hydrogen-bond donors (Lipinski definition) is 1. The maximum absolute atomic E-state index is 4.52. The summed E-state index contributed by atoms with van der Waals surface area (Å²) in [5, 5.41) is 4.90. The monoisotopic (exact) mass is 262 g/mol. The van der Waals surface area contributed by atoms with Crippen molar-refractivity contribution < 1.29 is 0 Å². The van der Waals surface area contributed by atoms with Crippen molar-refractivity contribution in [1.82, 2.24) is 10.3 Å². The van der Waals surface area contributed by atoms with E-state index in [9.17, 15) is 0 Å². The molecule has 2 aliphatic rings. The fourth-order valence-corrected chi connectivity index (χ4v) is 4.45. The van der Waals surface area contributed by atoms with Crippen molar-refractivity contribution in [1.29, 1.82) is 0 Å². The van der Waals surface area contributed by atoms with Crippen LogP contribution < -0.4 is 5.32 Å². The van der Waals surface area contributed by atoms with E-state index in [1.165, 1.54) is 28.4 Å². The number of fused-ring (bicyclic) bond motifs is 2. The van der Waals surface area contributed by atoms with Gasteiger partial charge in [-0.3, -0.25) is 0 Å². The van der Waals surface area contributed by atoms with Crippen LogP contribution in [0.25, 0.3) is 0 Å². The molecular formula is C15H22N2S. The van der Waals surface area contributed by atoms with Crippen LogP contribution in [0.15, 0.2) is 12.2 Å². The lowest BCUT2D eigenvalue weighted by Crippen LogP contribution is -2.27. The third-order valence-corrected chi connectivity index (χ3v) is 5.69. The number of hydrogen-bond acceptors (Lipinski definition) is 3. The molecule has 0 aliphatic heterocycles. The molecule has 1 N–H and O–H groups in total. The first kappa shape index (κ1) is 12.4. The summed E-state index contributed by atoms with van der Waals surface area (Å²) >= 11 is 1.83. The normalized spacial score (nSPS) is 31.2. The summed E-state index contributed by atoms with van der Waals surface area (Å²) in [7, 11) is 0. The number of thiazole rings is 1. The molecular weight excluding hydrogens is 240 g/mol. The molecule has 18 heavy (non-hydrogen) atoms. The number of allylic oxidation sites excluding steroid dienone is 2. The van der Waals surface area contributed by atoms with E-state index in [2.05, 4.69) is 43.2 Å². The van der Waals surface area contributed by atoms with Gasteiger partial charge in [-0.1, -0.05) is 12.2 Å². The molecule has 2 aliphatic carbocycles. The second-order valence-corrected chi connectivity index (χ2v) is 7.09. The number of aromatic nitrogens is 1. The SMILES string of the molecule is Cc1nc(C)c(C(C)NCC2CC3C=CC2C3)s1. The predicted octanol–water partition coefficient (Wildman–Crippen LogP) is 3.62. The molecule has 98 valence electrons. The fraction of sp³-hybridized carbons (Fsp3) is 0.667. The highest BCUT2D eigenvalue weighted by Gasteiger charge is 2.35. The highest BCUT2D eigenvalue weighted by Crippen LogP contribution is 2.43. The van der Waals surface area contributed by atoms with Crippen LogP contribution in [0.4, 0.5) is 0 Å². The zero-order valence-electron chi connectivity index (χ0n) is 11.4. The largest absolute Gasteiger partial charge is 0.309 e. The standard InChI is InChI=1S/C15H22N2S/c1-9(15-10(2)17-11(3)18-15)16-8-14-7-12-4-5-13(14)6-12/h4-5,9,12-14,16H,6-8H2,1-3H3. The van der Waals surface area contributed by atoms with Crippen molar-refractivity contribution in [3.05, 3.63) is 27.7 Å². The number of nitrogens with zero attached hydrogens (tertiary/aromatic N) is 1. The summed E-state index contributed by atoms with van der Waals surface area (Å²) in [5.41, 5.74) is 1.20. The van der Waals surface area contributed by atoms with Crippen molar-refractivity contribution >= 4 is 11.3 Å². The summed E-state index contributed by atoms with van der Waals surface area (Å²) in [6.07, 6.45) is 7.65. The average molecular weight is 262 g/mol. The van der Waals surface area contributed by atoms with Crippen LogP contribution in [-0.4, -0.2) is 11.5 Å². The Morgan fingerprint density at radius 2 is 2.22 bits per heavy atom. The molecule has 4 atom stereocenters. The zero-order chi connectivity index (χ0) is 12.7. The van der Waals surface area contributed by atoms with Gasteiger partial charge < -0.3 is 5.32 Å². The van der Waals surface area contributed by atoms with Crippen molar-refractivity contribution in [3.8, 4) is 0 Å². The van der Waals surface area contributed by atoms with Gasteiger partial charge in [0.2, 0.25) is 0 Å². The van der Waals surface area contributed by atoms with E-state index in [1.807, 2.05) is 11.3 Å². The molecule has 1 fully saturated rings. The quantitative estimate of drug-likeness (QED) is 0.838. The highest BCUT2D eigenvalue weighted by molar-refractivity contribution is 7.11. The molecule has 2 nitrogen and oxygen atoms in total. The Hall–Kier alpha value is -0.670. The molecule has 0 amide bonds. The maximum Gasteiger partial charge on any atom is 0.0900 e. The molecule has 1 heterocycles. The summed E-state index contributed by atoms with van der Waals surface area (Å²) in [6.45, 7) is 7.64. The molecule has 3 rings (SSSR count). The van der Waals surface area contributed by atoms with E-state index in [0.29, 0.717) is 6.04 Å². The summed E-state index contributed by atoms with van der Waals surface area (Å²) < 4.78 is 0. The van der Waals surface area contributed by atoms with Gasteiger partial charge in [0.1, 0.15) is 0 Å². The lowest BCUT2D eigenvalue weighted by atomic mass is 9.93. The van der Waals surface area contributed by atoms with Gasteiger partial charge >= 0.3 is 0 Å². The molecule has 0 radical (unpaired) electrons. The molecule has 0 aromatic carbocycles. The van der Waals surface area contributed by atoms with Crippen LogP contribution in [0.1, 0.15) is 41.4 Å². The maximum atomic E-state index is 4.52. The summed E-state index contributed by atoms with van der Waals surface area (Å²) in [5.74, 6) is 2.58. The Labute approximate surface area is 114 Å². The van der Waals surface area contributed by atoms with Gasteiger partial charge in [0, 0.05) is 10.9 Å². The van der Waals surface area contributed by atoms with Crippen LogP contribution in [0.5, 0.6) is 0 Å². The minimum absolute atomic E-state index is 0.444. The summed E-state index contributed by atoms with van der Waals surface area (Å²) in [4.78, 5) is 5.93. The van der Waals surface area contributed by atoms with E-state index >= 15 is 0 Å². The molecule has 4 unspecified atom stereocenters. The minimum atomic E-state index is 0.444. The van der Waals surface area contributed by atoms with E-state index in [1.54, 1.807) is 0 Å². The van der Waals surface area contributed by atoms with Gasteiger partial charge in [0.05, 0.1) is 10.7 Å². The van der Waals surface area contributed by atoms with Gasteiger partial charge in [0.25, 0.3) is 0 Å². The Morgan fingerprint density at radius 3 is 2.78 bits per heavy atom. The lowest BCUT2D eigenvalue weighted by Gasteiger charge is -2.21. The topological polar surface area (TPSA) is 24.9 Å². The van der Waals surface area contributed by atoms with E-state index in [4.69, 9.17) is 0 Å². The second-order valence-electron chi connectivity index (χ2n) is 5.85. The van der Waals surface area contributed by atoms with Crippen LogP contribution in [-0.2, 0) is 0 Å². The van der Waals surface area contributed by atoms with Crippen LogP contribution in [0.3, 0.4) is 0 Å². The van der Waals surface area contributed by atoms with Crippen LogP contribution in [0, 0.1) is 31.6 Å². The van der Waals surface area contributed by atoms with Crippen molar-refractivity contribution in [2.24, 2.45) is 17.8 Å². The minimum Gasteiger partial charge on any atom is -0.309 e. The second kappa shape index (κ2) is 4.78. The lowest BCUT2D eigenvalue weighted by molar-refractivity contribution is 0.394. The van der Waals surface area contributed by atoms with Gasteiger partial charge in [-0.05, 0) is 57.9 Å². The third-order valence-electron chi connectivity index (χ3n) is 4.44. The first-order chi connectivity index (χ1) is 8.63. The first-order valence-electron chi connectivity index (χ1n) is 6.99. The van der Waals surface area contributed by atoms with E-state index in [0.717, 1.165) is 24.3 Å². The average Bonchev–Trinajstić information content (AvgIpc) is 3.01. The molecule has 1 aromatic heterocycles. The van der Waals surface area contributed by atoms with Gasteiger partial charge in [-0.25, -0.2) is 4.98 Å². The summed E-state index contributed by atoms with van der Waals surface area (Å²) in [6, 6.07) is 0.444. The smallest absolute Gasteiger partial charge is 0.0900 e. The zero-order valence-corrected chi connectivity index (χ0v) is 12.3. The van der Waals surface area contributed by atoms with Gasteiger partial charge in [0.15, 0.2) is 0 Å². The number of aryl methyl sites for hydroxylation is 2. The van der Waals surface area contributed by atoms with Gasteiger partial charge in [-0.2, -0.15) is 0 Å². The number of rotatable bonds is 4. The van der Waals surface area contributed by atoms with E-state index < -0.39 is 0 Å². The fourth-order valence-electron chi connectivity index (χ4n) is 3.50. The van der Waals surface area contributed by atoms with Crippen LogP contribution in [0.2, 0.25) is 0 Å². The Balaban J connectivity index is 1.57. The highest BCUT2D eigenvalue weighted by atomic mass is 32.1. The van der Waals surface area contributed by atoms with Crippen molar-refractivity contribution in [3.63, 3.8) is 0 Å². The molecule has 3 heteroatoms. The van der Waals surface area contributed by atoms with Crippen LogP contribution >= 0.6 is 11.3 Å². The van der Waals surface area contributed by atoms with Gasteiger partial charge in [-0.15, -0.1) is 11.3 Å². The van der Waals surface area contributed by atoms with E-state index in [-0.39, 0.29) is 0 Å². The molecule has 1 aromatic rings. The molecule has 1 saturated carbocycles. The van der Waals surface area contributed by atoms with Crippen molar-refractivity contribution in [2.45, 2.75) is 39.7 Å². The Bertz CT molecular complexity index is 463. The molecule has 2 bridgehead atoms.